The van der Waals surface area contributed by atoms with Crippen LogP contribution in [0.25, 0.3) is 0 Å². The van der Waals surface area contributed by atoms with E-state index in [1.165, 1.54) is 14.1 Å². The van der Waals surface area contributed by atoms with Crippen molar-refractivity contribution in [3.05, 3.63) is 24.3 Å². The fourth-order valence-electron chi connectivity index (χ4n) is 1.27. The van der Waals surface area contributed by atoms with Crippen LogP contribution in [0.4, 0.5) is 16.2 Å². The van der Waals surface area contributed by atoms with Crippen LogP contribution in [0.5, 0.6) is 0 Å². The van der Waals surface area contributed by atoms with Crippen LogP contribution >= 0.6 is 0 Å². The number of rotatable bonds is 5. The minimum atomic E-state index is -3.30. The Bertz CT molecular complexity index is 543. The Morgan fingerprint density at radius 1 is 1.37 bits per heavy atom. The zero-order chi connectivity index (χ0) is 14.5. The van der Waals surface area contributed by atoms with E-state index in [9.17, 15) is 13.2 Å². The SMILES string of the molecule is CN(C)S(=O)(=O)CCNC(=O)Nc1cccc(N)c1. The summed E-state index contributed by atoms with van der Waals surface area (Å²) in [5.41, 5.74) is 6.65. The number of nitrogens with one attached hydrogen (secondary N) is 2. The van der Waals surface area contributed by atoms with Crippen LogP contribution in [0.1, 0.15) is 0 Å². The first kappa shape index (κ1) is 15.3. The number of carbonyl (C=O) groups excluding carboxylic acids is 1. The molecule has 1 aromatic rings. The van der Waals surface area contributed by atoms with Crippen molar-refractivity contribution in [2.45, 2.75) is 0 Å². The first-order chi connectivity index (χ1) is 8.81. The Labute approximate surface area is 112 Å². The summed E-state index contributed by atoms with van der Waals surface area (Å²) in [4.78, 5) is 11.5. The predicted octanol–water partition coefficient (Wildman–Crippen LogP) is 0.282. The average Bonchev–Trinajstić information content (AvgIpc) is 2.28. The number of amides is 2. The highest BCUT2D eigenvalue weighted by Gasteiger charge is 2.13. The predicted molar refractivity (Wildman–Crippen MR) is 75.3 cm³/mol. The molecular weight excluding hydrogens is 268 g/mol. The number of sulfonamides is 1. The molecule has 7 nitrogen and oxygen atoms in total. The van der Waals surface area contributed by atoms with Crippen molar-refractivity contribution in [1.82, 2.24) is 9.62 Å². The van der Waals surface area contributed by atoms with E-state index in [0.717, 1.165) is 4.31 Å². The van der Waals surface area contributed by atoms with Crippen LogP contribution in [0.3, 0.4) is 0 Å². The quantitative estimate of drug-likeness (QED) is 0.676. The average molecular weight is 286 g/mol. The molecule has 4 N–H and O–H groups in total. The van der Waals surface area contributed by atoms with E-state index in [-0.39, 0.29) is 12.3 Å². The largest absolute Gasteiger partial charge is 0.399 e. The van der Waals surface area contributed by atoms with Crippen molar-refractivity contribution < 1.29 is 13.2 Å². The van der Waals surface area contributed by atoms with E-state index in [2.05, 4.69) is 10.6 Å². The Balaban J connectivity index is 2.41. The lowest BCUT2D eigenvalue weighted by Crippen LogP contribution is -2.36. The normalized spacial score (nSPS) is 11.3. The molecule has 0 saturated heterocycles. The van der Waals surface area contributed by atoms with Crippen molar-refractivity contribution in [3.8, 4) is 0 Å². The van der Waals surface area contributed by atoms with Crippen LogP contribution in [0.15, 0.2) is 24.3 Å². The number of hydrogen-bond acceptors (Lipinski definition) is 4. The molecule has 0 aliphatic heterocycles. The summed E-state index contributed by atoms with van der Waals surface area (Å²) in [7, 11) is -0.409. The number of urea groups is 1. The number of nitrogens with two attached hydrogens (primary N) is 1. The molecule has 0 aliphatic carbocycles. The molecule has 0 aliphatic rings. The monoisotopic (exact) mass is 286 g/mol. The van der Waals surface area contributed by atoms with Crippen molar-refractivity contribution in [3.63, 3.8) is 0 Å². The third kappa shape index (κ3) is 5.14. The summed E-state index contributed by atoms with van der Waals surface area (Å²) in [5, 5.41) is 5.02. The van der Waals surface area contributed by atoms with E-state index in [1.807, 2.05) is 0 Å². The van der Waals surface area contributed by atoms with Gasteiger partial charge >= 0.3 is 6.03 Å². The fraction of sp³-hybridized carbons (Fsp3) is 0.364. The molecule has 0 spiro atoms. The van der Waals surface area contributed by atoms with Gasteiger partial charge in [0.05, 0.1) is 5.75 Å². The number of hydrogen-bond donors (Lipinski definition) is 3. The summed E-state index contributed by atoms with van der Waals surface area (Å²) in [6, 6.07) is 6.23. The first-order valence-corrected chi connectivity index (χ1v) is 7.23. The third-order valence-corrected chi connectivity index (χ3v) is 4.18. The Morgan fingerprint density at radius 2 is 2.05 bits per heavy atom. The lowest BCUT2D eigenvalue weighted by atomic mass is 10.3. The lowest BCUT2D eigenvalue weighted by molar-refractivity contribution is 0.252. The molecule has 8 heteroatoms. The smallest absolute Gasteiger partial charge is 0.319 e. The third-order valence-electron chi connectivity index (χ3n) is 2.35. The maximum absolute atomic E-state index is 11.5. The van der Waals surface area contributed by atoms with Crippen molar-refractivity contribution in [2.24, 2.45) is 0 Å². The second-order valence-corrected chi connectivity index (χ2v) is 6.41. The minimum absolute atomic E-state index is 0.0364. The first-order valence-electron chi connectivity index (χ1n) is 5.62. The van der Waals surface area contributed by atoms with Gasteiger partial charge in [-0.05, 0) is 18.2 Å². The topological polar surface area (TPSA) is 105 Å². The summed E-state index contributed by atoms with van der Waals surface area (Å²) >= 11 is 0. The van der Waals surface area contributed by atoms with E-state index >= 15 is 0 Å². The van der Waals surface area contributed by atoms with E-state index in [0.29, 0.717) is 11.4 Å². The van der Waals surface area contributed by atoms with Gasteiger partial charge in [-0.2, -0.15) is 0 Å². The fourth-order valence-corrected chi connectivity index (χ4v) is 1.99. The van der Waals surface area contributed by atoms with E-state index in [4.69, 9.17) is 5.73 Å². The van der Waals surface area contributed by atoms with Gasteiger partial charge in [0.1, 0.15) is 0 Å². The van der Waals surface area contributed by atoms with Gasteiger partial charge < -0.3 is 16.4 Å². The van der Waals surface area contributed by atoms with Gasteiger partial charge in [0, 0.05) is 32.0 Å². The highest BCUT2D eigenvalue weighted by Crippen LogP contribution is 2.11. The molecule has 0 fully saturated rings. The van der Waals surface area contributed by atoms with E-state index in [1.54, 1.807) is 24.3 Å². The molecule has 1 rings (SSSR count). The summed E-state index contributed by atoms with van der Waals surface area (Å²) in [6.07, 6.45) is 0. The maximum atomic E-state index is 11.5. The highest BCUT2D eigenvalue weighted by atomic mass is 32.2. The molecule has 0 atom stereocenters. The summed E-state index contributed by atoms with van der Waals surface area (Å²) < 4.78 is 24.0. The second-order valence-electron chi connectivity index (χ2n) is 4.10. The molecule has 0 saturated carbocycles. The second kappa shape index (κ2) is 6.39. The van der Waals surface area contributed by atoms with E-state index < -0.39 is 16.1 Å². The van der Waals surface area contributed by atoms with Crippen LogP contribution in [-0.4, -0.2) is 45.1 Å². The Hall–Kier alpha value is -1.80. The molecule has 0 aromatic heterocycles. The van der Waals surface area contributed by atoms with Gasteiger partial charge in [-0.3, -0.25) is 0 Å². The van der Waals surface area contributed by atoms with Crippen LogP contribution in [0.2, 0.25) is 0 Å². The molecular formula is C11H18N4O3S. The summed E-state index contributed by atoms with van der Waals surface area (Å²) in [6.45, 7) is 0.0364. The van der Waals surface area contributed by atoms with Gasteiger partial charge in [-0.25, -0.2) is 17.5 Å². The van der Waals surface area contributed by atoms with Crippen LogP contribution < -0.4 is 16.4 Å². The Kier molecular flexibility index (Phi) is 5.13. The van der Waals surface area contributed by atoms with Crippen LogP contribution in [0, 0.1) is 0 Å². The molecule has 0 radical (unpaired) electrons. The van der Waals surface area contributed by atoms with Gasteiger partial charge in [0.2, 0.25) is 10.0 Å². The van der Waals surface area contributed by atoms with Crippen LogP contribution in [-0.2, 0) is 10.0 Å². The zero-order valence-corrected chi connectivity index (χ0v) is 11.7. The molecule has 106 valence electrons. The summed E-state index contributed by atoms with van der Waals surface area (Å²) in [5.74, 6) is -0.148. The Morgan fingerprint density at radius 3 is 2.63 bits per heavy atom. The molecule has 0 bridgehead atoms. The maximum Gasteiger partial charge on any atom is 0.319 e. The number of anilines is 2. The minimum Gasteiger partial charge on any atom is -0.399 e. The number of nitrogen functional groups attached to an aromatic ring is 1. The van der Waals surface area contributed by atoms with Gasteiger partial charge in [0.15, 0.2) is 0 Å². The van der Waals surface area contributed by atoms with Crippen molar-refractivity contribution >= 4 is 27.4 Å². The highest BCUT2D eigenvalue weighted by molar-refractivity contribution is 7.89. The van der Waals surface area contributed by atoms with Crippen molar-refractivity contribution in [2.75, 3.05) is 37.4 Å². The molecule has 2 amide bonds. The molecule has 0 heterocycles. The number of carbonyl (C=O) groups is 1. The zero-order valence-electron chi connectivity index (χ0n) is 10.9. The molecule has 0 unspecified atom stereocenters. The lowest BCUT2D eigenvalue weighted by Gasteiger charge is -2.12. The van der Waals surface area contributed by atoms with Gasteiger partial charge in [-0.1, -0.05) is 6.07 Å². The van der Waals surface area contributed by atoms with Gasteiger partial charge in [0.25, 0.3) is 0 Å². The standard InChI is InChI=1S/C11H18N4O3S/c1-15(2)19(17,18)7-6-13-11(16)14-10-5-3-4-9(12)8-10/h3-5,8H,6-7,12H2,1-2H3,(H2,13,14,16). The molecule has 19 heavy (non-hydrogen) atoms. The van der Waals surface area contributed by atoms with Gasteiger partial charge in [-0.15, -0.1) is 0 Å². The number of nitrogens with zero attached hydrogens (tertiary/aromatic N) is 1. The van der Waals surface area contributed by atoms with Crippen molar-refractivity contribution in [1.29, 1.82) is 0 Å². The number of benzene rings is 1. The molecule has 1 aromatic carbocycles.